The van der Waals surface area contributed by atoms with Crippen LogP contribution in [0.4, 0.5) is 5.69 Å². The summed E-state index contributed by atoms with van der Waals surface area (Å²) < 4.78 is 5.30. The van der Waals surface area contributed by atoms with Gasteiger partial charge in [-0.15, -0.1) is 11.3 Å². The highest BCUT2D eigenvalue weighted by molar-refractivity contribution is 7.18. The van der Waals surface area contributed by atoms with Crippen molar-refractivity contribution in [3.63, 3.8) is 0 Å². The van der Waals surface area contributed by atoms with E-state index in [0.717, 1.165) is 40.3 Å². The maximum atomic E-state index is 11.7. The van der Waals surface area contributed by atoms with Gasteiger partial charge in [-0.1, -0.05) is 39.8 Å². The van der Waals surface area contributed by atoms with Gasteiger partial charge in [-0.25, -0.2) is 9.59 Å². The number of aliphatic carboxylic acids is 1. The van der Waals surface area contributed by atoms with Gasteiger partial charge >= 0.3 is 11.9 Å². The van der Waals surface area contributed by atoms with Crippen molar-refractivity contribution in [3.8, 4) is 16.2 Å². The van der Waals surface area contributed by atoms with Gasteiger partial charge < -0.3 is 20.3 Å². The number of aromatic carboxylic acids is 1. The average Bonchev–Trinajstić information content (AvgIpc) is 2.94. The van der Waals surface area contributed by atoms with E-state index < -0.39 is 18.5 Å². The summed E-state index contributed by atoms with van der Waals surface area (Å²) >= 11 is 1.11. The lowest BCUT2D eigenvalue weighted by Crippen LogP contribution is -2.40. The van der Waals surface area contributed by atoms with E-state index >= 15 is 0 Å². The first kappa shape index (κ1) is 23.1. The number of carbonyl (C=O) groups is 2. The summed E-state index contributed by atoms with van der Waals surface area (Å²) in [6.45, 7) is 10.5. The summed E-state index contributed by atoms with van der Waals surface area (Å²) in [7, 11) is 0. The minimum Gasteiger partial charge on any atom is -0.480 e. The first-order valence-electron chi connectivity index (χ1n) is 10.5. The summed E-state index contributed by atoms with van der Waals surface area (Å²) in [5, 5.41) is 22.1. The molecule has 31 heavy (non-hydrogen) atoms. The quantitative estimate of drug-likeness (QED) is 0.491. The molecule has 7 heteroatoms. The number of ether oxygens (including phenoxy) is 1. The molecule has 1 aliphatic rings. The molecule has 1 aliphatic carbocycles. The summed E-state index contributed by atoms with van der Waals surface area (Å²) in [4.78, 5) is 23.4. The van der Waals surface area contributed by atoms with Crippen LogP contribution in [0.2, 0.25) is 0 Å². The molecule has 0 bridgehead atoms. The van der Waals surface area contributed by atoms with Crippen molar-refractivity contribution < 1.29 is 24.5 Å². The van der Waals surface area contributed by atoms with Crippen molar-refractivity contribution in [1.82, 2.24) is 0 Å². The Morgan fingerprint density at radius 1 is 1.16 bits per heavy atom. The summed E-state index contributed by atoms with van der Waals surface area (Å²) in [6, 6.07) is 8.31. The Hall–Kier alpha value is -2.54. The third kappa shape index (κ3) is 5.58. The molecule has 2 aromatic rings. The molecule has 1 aromatic heterocycles. The highest BCUT2D eigenvalue weighted by Crippen LogP contribution is 2.47. The highest BCUT2D eigenvalue weighted by Gasteiger charge is 2.38. The number of thiophene rings is 1. The fraction of sp³-hybridized carbons (Fsp3) is 0.500. The van der Waals surface area contributed by atoms with Crippen LogP contribution in [0.15, 0.2) is 24.3 Å². The number of carboxylic acids is 2. The predicted molar refractivity (Wildman–Crippen MR) is 123 cm³/mol. The number of hydrogen-bond acceptors (Lipinski definition) is 5. The van der Waals surface area contributed by atoms with Crippen molar-refractivity contribution in [3.05, 3.63) is 34.7 Å². The molecule has 1 fully saturated rings. The molecule has 0 radical (unpaired) electrons. The van der Waals surface area contributed by atoms with E-state index in [1.165, 1.54) is 6.42 Å². The molecule has 0 aliphatic heterocycles. The second-order valence-electron chi connectivity index (χ2n) is 10.0. The van der Waals surface area contributed by atoms with Crippen LogP contribution < -0.4 is 10.1 Å². The van der Waals surface area contributed by atoms with Crippen LogP contribution in [0.1, 0.15) is 62.2 Å². The van der Waals surface area contributed by atoms with Crippen LogP contribution in [-0.4, -0.2) is 34.8 Å². The molecular weight excluding hydrogens is 414 g/mol. The maximum absolute atomic E-state index is 11.7. The van der Waals surface area contributed by atoms with Crippen molar-refractivity contribution in [1.29, 1.82) is 0 Å². The third-order valence-corrected chi connectivity index (χ3v) is 6.99. The zero-order valence-electron chi connectivity index (χ0n) is 18.7. The topological polar surface area (TPSA) is 95.9 Å². The highest BCUT2D eigenvalue weighted by atomic mass is 32.1. The van der Waals surface area contributed by atoms with E-state index in [4.69, 9.17) is 9.84 Å². The molecule has 0 amide bonds. The van der Waals surface area contributed by atoms with Crippen LogP contribution in [0.3, 0.4) is 0 Å². The van der Waals surface area contributed by atoms with Gasteiger partial charge in [0.2, 0.25) is 0 Å². The zero-order chi connectivity index (χ0) is 23.0. The van der Waals surface area contributed by atoms with E-state index in [1.54, 1.807) is 6.92 Å². The molecule has 0 atom stereocenters. The summed E-state index contributed by atoms with van der Waals surface area (Å²) in [5.74, 6) is -2.14. The smallest absolute Gasteiger partial charge is 0.349 e. The Balaban J connectivity index is 1.89. The molecule has 6 nitrogen and oxygen atoms in total. The Morgan fingerprint density at radius 2 is 1.81 bits per heavy atom. The molecule has 0 unspecified atom stereocenters. The predicted octanol–water partition coefficient (Wildman–Crippen LogP) is 5.90. The zero-order valence-corrected chi connectivity index (χ0v) is 19.6. The minimum absolute atomic E-state index is 0.0166. The molecule has 3 rings (SSSR count). The third-order valence-electron chi connectivity index (χ3n) is 5.68. The molecule has 0 saturated heterocycles. The number of rotatable bonds is 7. The molecular formula is C24H31NO5S. The van der Waals surface area contributed by atoms with E-state index in [9.17, 15) is 14.7 Å². The number of carboxylic acid groups (broad SMARTS) is 2. The molecule has 0 spiro atoms. The van der Waals surface area contributed by atoms with Gasteiger partial charge in [-0.3, -0.25) is 0 Å². The van der Waals surface area contributed by atoms with Crippen LogP contribution >= 0.6 is 11.3 Å². The second kappa shape index (κ2) is 8.54. The van der Waals surface area contributed by atoms with Crippen LogP contribution in [0.25, 0.3) is 10.4 Å². The normalized spacial score (nSPS) is 17.8. The monoisotopic (exact) mass is 445 g/mol. The number of anilines is 1. The lowest BCUT2D eigenvalue weighted by Gasteiger charge is -2.45. The number of hydrogen-bond donors (Lipinski definition) is 3. The largest absolute Gasteiger partial charge is 0.480 e. The molecule has 3 N–H and O–H groups in total. The number of nitrogens with one attached hydrogen (secondary N) is 1. The van der Waals surface area contributed by atoms with Gasteiger partial charge in [0.15, 0.2) is 11.5 Å². The van der Waals surface area contributed by atoms with E-state index in [-0.39, 0.29) is 21.5 Å². The van der Waals surface area contributed by atoms with E-state index in [1.807, 2.05) is 24.3 Å². The molecule has 1 saturated carbocycles. The Labute approximate surface area is 187 Å². The Kier molecular flexibility index (Phi) is 6.37. The molecule has 1 heterocycles. The standard InChI is InChI=1S/C24H31NO5S/c1-14-19(30-12-18(26)27)21(22(28)29)31-20(14)15-7-6-8-16(9-15)25-17-10-23(2,3)13-24(4,5)11-17/h6-9,17,25H,10-13H2,1-5H3,(H,26,27)(H,28,29). The number of benzene rings is 1. The SMILES string of the molecule is Cc1c(-c2cccc(NC3CC(C)(C)CC(C)(C)C3)c2)sc(C(=O)O)c1OCC(=O)O. The Morgan fingerprint density at radius 3 is 2.39 bits per heavy atom. The van der Waals surface area contributed by atoms with Crippen LogP contribution in [0.5, 0.6) is 5.75 Å². The first-order valence-corrected chi connectivity index (χ1v) is 11.3. The molecule has 1 aromatic carbocycles. The fourth-order valence-corrected chi connectivity index (χ4v) is 6.24. The molecule has 168 valence electrons. The lowest BCUT2D eigenvalue weighted by atomic mass is 9.63. The van der Waals surface area contributed by atoms with Crippen LogP contribution in [-0.2, 0) is 4.79 Å². The van der Waals surface area contributed by atoms with E-state index in [2.05, 4.69) is 33.0 Å². The average molecular weight is 446 g/mol. The van der Waals surface area contributed by atoms with E-state index in [0.29, 0.717) is 11.6 Å². The van der Waals surface area contributed by atoms with Gasteiger partial charge in [0.25, 0.3) is 0 Å². The maximum Gasteiger partial charge on any atom is 0.349 e. The van der Waals surface area contributed by atoms with Crippen molar-refractivity contribution >= 4 is 29.0 Å². The van der Waals surface area contributed by atoms with Gasteiger partial charge in [-0.05, 0) is 54.7 Å². The summed E-state index contributed by atoms with van der Waals surface area (Å²) in [6.07, 6.45) is 3.38. The second-order valence-corrected chi connectivity index (χ2v) is 11.1. The van der Waals surface area contributed by atoms with Crippen molar-refractivity contribution in [2.24, 2.45) is 10.8 Å². The van der Waals surface area contributed by atoms with Gasteiger partial charge in [0.1, 0.15) is 5.75 Å². The van der Waals surface area contributed by atoms with Crippen LogP contribution in [0, 0.1) is 17.8 Å². The van der Waals surface area contributed by atoms with Gasteiger partial charge in [-0.2, -0.15) is 0 Å². The van der Waals surface area contributed by atoms with Crippen molar-refractivity contribution in [2.75, 3.05) is 11.9 Å². The van der Waals surface area contributed by atoms with Gasteiger partial charge in [0, 0.05) is 22.2 Å². The lowest BCUT2D eigenvalue weighted by molar-refractivity contribution is -0.139. The first-order chi connectivity index (χ1) is 14.4. The fourth-order valence-electron chi connectivity index (χ4n) is 5.16. The minimum atomic E-state index is -1.15. The van der Waals surface area contributed by atoms with Crippen molar-refractivity contribution in [2.45, 2.75) is 59.9 Å². The van der Waals surface area contributed by atoms with Gasteiger partial charge in [0.05, 0.1) is 0 Å². The Bertz CT molecular complexity index is 976. The summed E-state index contributed by atoms with van der Waals surface area (Å²) in [5.41, 5.74) is 3.06.